The van der Waals surface area contributed by atoms with Crippen molar-refractivity contribution in [2.75, 3.05) is 0 Å². The van der Waals surface area contributed by atoms with Gasteiger partial charge in [0.05, 0.1) is 6.10 Å². The number of aliphatic hydroxyl groups is 1. The summed E-state index contributed by atoms with van der Waals surface area (Å²) < 4.78 is 26.0. The maximum absolute atomic E-state index is 13.1. The highest BCUT2D eigenvalue weighted by atomic mass is 19.2. The summed E-state index contributed by atoms with van der Waals surface area (Å²) in [5.41, 5.74) is 0.540. The summed E-state index contributed by atoms with van der Waals surface area (Å²) in [7, 11) is 0. The van der Waals surface area contributed by atoms with Crippen LogP contribution in [0.25, 0.3) is 0 Å². The second-order valence-corrected chi connectivity index (χ2v) is 5.69. The minimum Gasteiger partial charge on any atom is -0.392 e. The lowest BCUT2D eigenvalue weighted by Gasteiger charge is -2.50. The molecule has 2 rings (SSSR count). The van der Waals surface area contributed by atoms with E-state index < -0.39 is 11.6 Å². The summed E-state index contributed by atoms with van der Waals surface area (Å²) in [4.78, 5) is 0. The maximum atomic E-state index is 13.1. The van der Waals surface area contributed by atoms with Crippen molar-refractivity contribution < 1.29 is 13.9 Å². The number of benzene rings is 1. The second-order valence-electron chi connectivity index (χ2n) is 5.69. The molecule has 0 aliphatic heterocycles. The monoisotopic (exact) mass is 255 g/mol. The zero-order chi connectivity index (χ0) is 13.5. The van der Waals surface area contributed by atoms with Crippen LogP contribution in [0.4, 0.5) is 8.78 Å². The number of nitrogens with one attached hydrogen (secondary N) is 1. The van der Waals surface area contributed by atoms with E-state index in [0.29, 0.717) is 12.0 Å². The molecule has 100 valence electrons. The van der Waals surface area contributed by atoms with Crippen molar-refractivity contribution in [3.63, 3.8) is 0 Å². The van der Waals surface area contributed by atoms with Crippen molar-refractivity contribution in [1.82, 2.24) is 5.32 Å². The molecule has 0 spiro atoms. The normalized spacial score (nSPS) is 27.7. The van der Waals surface area contributed by atoms with Gasteiger partial charge in [0.15, 0.2) is 11.6 Å². The molecule has 1 aliphatic rings. The number of aliphatic hydroxyl groups excluding tert-OH is 1. The minimum absolute atomic E-state index is 0.0723. The van der Waals surface area contributed by atoms with Gasteiger partial charge in [-0.05, 0) is 31.0 Å². The lowest BCUT2D eigenvalue weighted by molar-refractivity contribution is -0.0754. The van der Waals surface area contributed by atoms with Crippen molar-refractivity contribution in [1.29, 1.82) is 0 Å². The van der Waals surface area contributed by atoms with Crippen molar-refractivity contribution >= 4 is 0 Å². The summed E-state index contributed by atoms with van der Waals surface area (Å²) in [6, 6.07) is 4.06. The molecule has 1 aromatic rings. The Morgan fingerprint density at radius 2 is 2.00 bits per heavy atom. The molecule has 0 amide bonds. The van der Waals surface area contributed by atoms with E-state index in [0.717, 1.165) is 6.07 Å². The van der Waals surface area contributed by atoms with Gasteiger partial charge in [0.2, 0.25) is 0 Å². The van der Waals surface area contributed by atoms with Crippen LogP contribution < -0.4 is 5.32 Å². The van der Waals surface area contributed by atoms with Gasteiger partial charge in [0.1, 0.15) is 0 Å². The predicted molar refractivity (Wildman–Crippen MR) is 66.1 cm³/mol. The van der Waals surface area contributed by atoms with Crippen LogP contribution in [0.2, 0.25) is 0 Å². The smallest absolute Gasteiger partial charge is 0.159 e. The highest BCUT2D eigenvalue weighted by Gasteiger charge is 2.47. The molecule has 4 heteroatoms. The molecular weight excluding hydrogens is 236 g/mol. The first-order valence-electron chi connectivity index (χ1n) is 6.21. The van der Waals surface area contributed by atoms with Crippen molar-refractivity contribution in [2.24, 2.45) is 5.41 Å². The highest BCUT2D eigenvalue weighted by Crippen LogP contribution is 2.41. The van der Waals surface area contributed by atoms with Gasteiger partial charge in [-0.15, -0.1) is 0 Å². The Morgan fingerprint density at radius 1 is 1.33 bits per heavy atom. The standard InChI is InChI=1S/C14H19F2NO/c1-8(9-4-5-10(15)11(16)6-9)17-12-7-13(18)14(12,2)3/h4-6,8,12-13,17-18H,7H2,1-3H3. The molecule has 0 bridgehead atoms. The zero-order valence-electron chi connectivity index (χ0n) is 10.9. The number of hydrogen-bond acceptors (Lipinski definition) is 2. The molecule has 1 aromatic carbocycles. The fourth-order valence-electron chi connectivity index (χ4n) is 2.37. The van der Waals surface area contributed by atoms with Gasteiger partial charge in [0.25, 0.3) is 0 Å². The van der Waals surface area contributed by atoms with Crippen LogP contribution >= 0.6 is 0 Å². The molecule has 0 radical (unpaired) electrons. The van der Waals surface area contributed by atoms with Gasteiger partial charge in [-0.1, -0.05) is 19.9 Å². The Labute approximate surface area is 106 Å². The van der Waals surface area contributed by atoms with Crippen LogP contribution in [0.3, 0.4) is 0 Å². The van der Waals surface area contributed by atoms with E-state index in [-0.39, 0.29) is 23.6 Å². The first-order valence-corrected chi connectivity index (χ1v) is 6.21. The number of hydrogen-bond donors (Lipinski definition) is 2. The molecule has 18 heavy (non-hydrogen) atoms. The molecule has 3 unspecified atom stereocenters. The molecular formula is C14H19F2NO. The number of halogens is 2. The van der Waals surface area contributed by atoms with E-state index in [4.69, 9.17) is 0 Å². The average molecular weight is 255 g/mol. The largest absolute Gasteiger partial charge is 0.392 e. The first-order chi connectivity index (χ1) is 8.32. The van der Waals surface area contributed by atoms with Crippen molar-refractivity contribution in [2.45, 2.75) is 45.4 Å². The lowest BCUT2D eigenvalue weighted by atomic mass is 9.64. The molecule has 1 aliphatic carbocycles. The Balaban J connectivity index is 2.04. The first kappa shape index (κ1) is 13.4. The molecule has 2 N–H and O–H groups in total. The van der Waals surface area contributed by atoms with Crippen LogP contribution in [0.15, 0.2) is 18.2 Å². The Morgan fingerprint density at radius 3 is 2.50 bits per heavy atom. The zero-order valence-corrected chi connectivity index (χ0v) is 10.9. The van der Waals surface area contributed by atoms with E-state index in [9.17, 15) is 13.9 Å². The quantitative estimate of drug-likeness (QED) is 0.870. The molecule has 0 heterocycles. The third-order valence-corrected chi connectivity index (χ3v) is 4.11. The lowest BCUT2D eigenvalue weighted by Crippen LogP contribution is -2.60. The number of rotatable bonds is 3. The van der Waals surface area contributed by atoms with Crippen molar-refractivity contribution in [3.8, 4) is 0 Å². The van der Waals surface area contributed by atoms with Crippen LogP contribution in [-0.2, 0) is 0 Å². The Hall–Kier alpha value is -1.00. The van der Waals surface area contributed by atoms with Gasteiger partial charge in [-0.2, -0.15) is 0 Å². The second kappa shape index (κ2) is 4.59. The molecule has 0 saturated heterocycles. The third-order valence-electron chi connectivity index (χ3n) is 4.11. The fraction of sp³-hybridized carbons (Fsp3) is 0.571. The summed E-state index contributed by atoms with van der Waals surface area (Å²) in [6.07, 6.45) is 0.397. The minimum atomic E-state index is -0.828. The van der Waals surface area contributed by atoms with Crippen LogP contribution in [0, 0.1) is 17.0 Å². The van der Waals surface area contributed by atoms with Gasteiger partial charge in [0, 0.05) is 17.5 Å². The Bertz CT molecular complexity index is 447. The summed E-state index contributed by atoms with van der Waals surface area (Å²) in [5.74, 6) is -1.65. The molecule has 2 nitrogen and oxygen atoms in total. The highest BCUT2D eigenvalue weighted by molar-refractivity contribution is 5.21. The molecule has 3 atom stereocenters. The predicted octanol–water partition coefficient (Wildman–Crippen LogP) is 2.77. The van der Waals surface area contributed by atoms with Crippen LogP contribution in [0.1, 0.15) is 38.8 Å². The van der Waals surface area contributed by atoms with Crippen LogP contribution in [-0.4, -0.2) is 17.3 Å². The van der Waals surface area contributed by atoms with E-state index in [2.05, 4.69) is 5.32 Å². The summed E-state index contributed by atoms with van der Waals surface area (Å²) in [6.45, 7) is 5.90. The van der Waals surface area contributed by atoms with Gasteiger partial charge < -0.3 is 10.4 Å². The van der Waals surface area contributed by atoms with E-state index >= 15 is 0 Å². The third kappa shape index (κ3) is 2.27. The van der Waals surface area contributed by atoms with E-state index in [1.807, 2.05) is 20.8 Å². The Kier molecular flexibility index (Phi) is 3.43. The maximum Gasteiger partial charge on any atom is 0.159 e. The van der Waals surface area contributed by atoms with Gasteiger partial charge in [-0.25, -0.2) is 8.78 Å². The summed E-state index contributed by atoms with van der Waals surface area (Å²) in [5, 5.41) is 13.0. The van der Waals surface area contributed by atoms with Crippen LogP contribution in [0.5, 0.6) is 0 Å². The molecule has 1 fully saturated rings. The fourth-order valence-corrected chi connectivity index (χ4v) is 2.37. The van der Waals surface area contributed by atoms with Gasteiger partial charge >= 0.3 is 0 Å². The van der Waals surface area contributed by atoms with E-state index in [1.165, 1.54) is 6.07 Å². The topological polar surface area (TPSA) is 32.3 Å². The average Bonchev–Trinajstić information content (AvgIpc) is 2.32. The van der Waals surface area contributed by atoms with Crippen molar-refractivity contribution in [3.05, 3.63) is 35.4 Å². The van der Waals surface area contributed by atoms with Gasteiger partial charge in [-0.3, -0.25) is 0 Å². The molecule has 1 saturated carbocycles. The SMILES string of the molecule is CC(NC1CC(O)C1(C)C)c1ccc(F)c(F)c1. The summed E-state index contributed by atoms with van der Waals surface area (Å²) >= 11 is 0. The molecule has 0 aromatic heterocycles. The van der Waals surface area contributed by atoms with E-state index in [1.54, 1.807) is 6.07 Å².